The average Bonchev–Trinajstić information content (AvgIpc) is 2.63. The van der Waals surface area contributed by atoms with Crippen LogP contribution in [0.3, 0.4) is 0 Å². The third-order valence-electron chi connectivity index (χ3n) is 4.04. The van der Waals surface area contributed by atoms with Crippen LogP contribution in [0.1, 0.15) is 29.8 Å². The molecule has 24 heavy (non-hydrogen) atoms. The standard InChI is InChI=1S/C17H18N4O3/c22-17(15-12-13(21(23)24)8-9-18-15)19-14-6-2-3-7-16(14)20-10-4-1-5-11-20/h2-3,6-9,12H,1,4-5,10-11H2,(H,19,22). The lowest BCUT2D eigenvalue weighted by Gasteiger charge is -2.30. The van der Waals surface area contributed by atoms with Crippen LogP contribution in [0.25, 0.3) is 0 Å². The van der Waals surface area contributed by atoms with E-state index in [1.165, 1.54) is 24.8 Å². The van der Waals surface area contributed by atoms with Gasteiger partial charge >= 0.3 is 0 Å². The molecule has 3 rings (SSSR count). The maximum atomic E-state index is 12.4. The number of para-hydroxylation sites is 2. The number of hydrogen-bond acceptors (Lipinski definition) is 5. The van der Waals surface area contributed by atoms with E-state index in [0.29, 0.717) is 5.69 Å². The first-order valence-corrected chi connectivity index (χ1v) is 7.91. The fourth-order valence-corrected chi connectivity index (χ4v) is 2.83. The molecule has 0 saturated carbocycles. The third-order valence-corrected chi connectivity index (χ3v) is 4.04. The number of amides is 1. The summed E-state index contributed by atoms with van der Waals surface area (Å²) in [4.78, 5) is 28.9. The van der Waals surface area contributed by atoms with Gasteiger partial charge in [0.2, 0.25) is 0 Å². The zero-order valence-electron chi connectivity index (χ0n) is 13.1. The van der Waals surface area contributed by atoms with E-state index in [0.717, 1.165) is 31.6 Å². The lowest BCUT2D eigenvalue weighted by atomic mass is 10.1. The van der Waals surface area contributed by atoms with Crippen molar-refractivity contribution in [2.75, 3.05) is 23.3 Å². The summed E-state index contributed by atoms with van der Waals surface area (Å²) in [7, 11) is 0. The maximum absolute atomic E-state index is 12.4. The fourth-order valence-electron chi connectivity index (χ4n) is 2.83. The number of anilines is 2. The van der Waals surface area contributed by atoms with Crippen LogP contribution in [-0.4, -0.2) is 28.9 Å². The quantitative estimate of drug-likeness (QED) is 0.688. The maximum Gasteiger partial charge on any atom is 0.274 e. The molecule has 1 aliphatic heterocycles. The molecule has 7 nitrogen and oxygen atoms in total. The van der Waals surface area contributed by atoms with Crippen molar-refractivity contribution in [2.24, 2.45) is 0 Å². The SMILES string of the molecule is O=C(Nc1ccccc1N1CCCCC1)c1cc([N+](=O)[O-])ccn1. The molecule has 124 valence electrons. The lowest BCUT2D eigenvalue weighted by Crippen LogP contribution is -2.30. The summed E-state index contributed by atoms with van der Waals surface area (Å²) in [5.41, 5.74) is 1.53. The molecule has 1 fully saturated rings. The smallest absolute Gasteiger partial charge is 0.274 e. The number of benzene rings is 1. The third kappa shape index (κ3) is 3.51. The molecule has 1 aromatic heterocycles. The van der Waals surface area contributed by atoms with E-state index in [9.17, 15) is 14.9 Å². The highest BCUT2D eigenvalue weighted by Gasteiger charge is 2.17. The van der Waals surface area contributed by atoms with Gasteiger partial charge in [-0.3, -0.25) is 19.9 Å². The van der Waals surface area contributed by atoms with Crippen molar-refractivity contribution in [3.63, 3.8) is 0 Å². The van der Waals surface area contributed by atoms with Gasteiger partial charge < -0.3 is 10.2 Å². The number of carbonyl (C=O) groups is 1. The van der Waals surface area contributed by atoms with Gasteiger partial charge in [0.25, 0.3) is 11.6 Å². The van der Waals surface area contributed by atoms with Crippen molar-refractivity contribution in [1.82, 2.24) is 4.98 Å². The lowest BCUT2D eigenvalue weighted by molar-refractivity contribution is -0.385. The Kier molecular flexibility index (Phi) is 4.69. The number of rotatable bonds is 4. The fraction of sp³-hybridized carbons (Fsp3) is 0.294. The van der Waals surface area contributed by atoms with Gasteiger partial charge in [-0.1, -0.05) is 12.1 Å². The Balaban J connectivity index is 1.82. The van der Waals surface area contributed by atoms with Crippen LogP contribution < -0.4 is 10.2 Å². The zero-order valence-corrected chi connectivity index (χ0v) is 13.1. The molecule has 1 amide bonds. The molecule has 0 atom stereocenters. The van der Waals surface area contributed by atoms with Crippen molar-refractivity contribution in [2.45, 2.75) is 19.3 Å². The van der Waals surface area contributed by atoms with Gasteiger partial charge in [-0.15, -0.1) is 0 Å². The summed E-state index contributed by atoms with van der Waals surface area (Å²) in [5, 5.41) is 13.7. The van der Waals surface area contributed by atoms with Crippen LogP contribution in [0.15, 0.2) is 42.6 Å². The number of nitro groups is 1. The summed E-state index contributed by atoms with van der Waals surface area (Å²) in [6.07, 6.45) is 4.76. The molecule has 0 spiro atoms. The highest BCUT2D eigenvalue weighted by Crippen LogP contribution is 2.28. The van der Waals surface area contributed by atoms with Gasteiger partial charge in [0.15, 0.2) is 0 Å². The summed E-state index contributed by atoms with van der Waals surface area (Å²) in [6, 6.07) is 10.0. The Labute approximate surface area is 139 Å². The molecule has 0 unspecified atom stereocenters. The van der Waals surface area contributed by atoms with Crippen LogP contribution in [0.4, 0.5) is 17.1 Å². The van der Waals surface area contributed by atoms with E-state index in [4.69, 9.17) is 0 Å². The Morgan fingerprint density at radius 2 is 1.92 bits per heavy atom. The van der Waals surface area contributed by atoms with E-state index in [1.54, 1.807) is 0 Å². The van der Waals surface area contributed by atoms with Gasteiger partial charge in [0.1, 0.15) is 5.69 Å². The zero-order chi connectivity index (χ0) is 16.9. The second kappa shape index (κ2) is 7.08. The number of aromatic nitrogens is 1. The van der Waals surface area contributed by atoms with Crippen molar-refractivity contribution < 1.29 is 9.72 Å². The molecule has 0 radical (unpaired) electrons. The summed E-state index contributed by atoms with van der Waals surface area (Å²) < 4.78 is 0. The van der Waals surface area contributed by atoms with Gasteiger partial charge in [0.05, 0.1) is 16.3 Å². The minimum absolute atomic E-state index is 0.0256. The largest absolute Gasteiger partial charge is 0.370 e. The first-order chi connectivity index (χ1) is 11.6. The summed E-state index contributed by atoms with van der Waals surface area (Å²) in [5.74, 6) is -0.455. The van der Waals surface area contributed by atoms with Crippen molar-refractivity contribution >= 4 is 23.0 Å². The highest BCUT2D eigenvalue weighted by atomic mass is 16.6. The van der Waals surface area contributed by atoms with E-state index in [2.05, 4.69) is 15.2 Å². The average molecular weight is 326 g/mol. The summed E-state index contributed by atoms with van der Waals surface area (Å²) in [6.45, 7) is 1.92. The van der Waals surface area contributed by atoms with Crippen LogP contribution in [0.5, 0.6) is 0 Å². The van der Waals surface area contributed by atoms with Crippen molar-refractivity contribution in [3.05, 3.63) is 58.4 Å². The van der Waals surface area contributed by atoms with E-state index in [-0.39, 0.29) is 11.4 Å². The van der Waals surface area contributed by atoms with E-state index < -0.39 is 10.8 Å². The van der Waals surface area contributed by atoms with Crippen molar-refractivity contribution in [1.29, 1.82) is 0 Å². The highest BCUT2D eigenvalue weighted by molar-refractivity contribution is 6.05. The van der Waals surface area contributed by atoms with Gasteiger partial charge in [0, 0.05) is 31.4 Å². The predicted octanol–water partition coefficient (Wildman–Crippen LogP) is 3.23. The first-order valence-electron chi connectivity index (χ1n) is 7.91. The molecule has 7 heteroatoms. The van der Waals surface area contributed by atoms with Gasteiger partial charge in [-0.2, -0.15) is 0 Å². The molecule has 2 heterocycles. The predicted molar refractivity (Wildman–Crippen MR) is 91.4 cm³/mol. The molecule has 0 aliphatic carbocycles. The topological polar surface area (TPSA) is 88.4 Å². The monoisotopic (exact) mass is 326 g/mol. The molecule has 1 aromatic carbocycles. The van der Waals surface area contributed by atoms with Gasteiger partial charge in [-0.25, -0.2) is 0 Å². The minimum atomic E-state index is -0.542. The number of nitrogens with zero attached hydrogens (tertiary/aromatic N) is 3. The van der Waals surface area contributed by atoms with Crippen molar-refractivity contribution in [3.8, 4) is 0 Å². The Hall–Kier alpha value is -2.96. The van der Waals surface area contributed by atoms with Gasteiger partial charge in [-0.05, 0) is 31.4 Å². The second-order valence-corrected chi connectivity index (χ2v) is 5.68. The molecule has 1 N–H and O–H groups in total. The Morgan fingerprint density at radius 3 is 2.67 bits per heavy atom. The van der Waals surface area contributed by atoms with Crippen LogP contribution in [0.2, 0.25) is 0 Å². The van der Waals surface area contributed by atoms with E-state index >= 15 is 0 Å². The van der Waals surface area contributed by atoms with Crippen LogP contribution in [0, 0.1) is 10.1 Å². The first kappa shape index (κ1) is 15.9. The van der Waals surface area contributed by atoms with E-state index in [1.807, 2.05) is 24.3 Å². The number of nitrogens with one attached hydrogen (secondary N) is 1. The normalized spacial score (nSPS) is 14.2. The molecule has 0 bridgehead atoms. The molecule has 2 aromatic rings. The minimum Gasteiger partial charge on any atom is -0.370 e. The van der Waals surface area contributed by atoms with Crippen LogP contribution in [-0.2, 0) is 0 Å². The summed E-state index contributed by atoms with van der Waals surface area (Å²) >= 11 is 0. The molecule has 1 aliphatic rings. The molecule has 1 saturated heterocycles. The second-order valence-electron chi connectivity index (χ2n) is 5.68. The molecular weight excluding hydrogens is 308 g/mol. The Morgan fingerprint density at radius 1 is 1.17 bits per heavy atom. The number of carbonyl (C=O) groups excluding carboxylic acids is 1. The van der Waals surface area contributed by atoms with Crippen LogP contribution >= 0.6 is 0 Å². The number of piperidine rings is 1. The Bertz CT molecular complexity index is 757. The number of hydrogen-bond donors (Lipinski definition) is 1. The molecular formula is C17H18N4O3. The number of pyridine rings is 1.